The zero-order valence-corrected chi connectivity index (χ0v) is 63.4. The van der Waals surface area contributed by atoms with E-state index in [-0.39, 0.29) is 12.3 Å². The topological polar surface area (TPSA) is 307 Å². The third-order valence-electron chi connectivity index (χ3n) is 18.8. The number of rotatable bonds is 61. The molecular formula is C85H141NO18. The van der Waals surface area contributed by atoms with E-state index in [1.54, 1.807) is 6.08 Å². The molecule has 0 aromatic rings. The summed E-state index contributed by atoms with van der Waals surface area (Å²) in [7, 11) is 0. The van der Waals surface area contributed by atoms with Crippen molar-refractivity contribution in [3.05, 3.63) is 146 Å². The number of allylic oxidation sites excluding steroid dienone is 23. The van der Waals surface area contributed by atoms with Gasteiger partial charge in [0.2, 0.25) is 5.91 Å². The van der Waals surface area contributed by atoms with Crippen LogP contribution in [0.4, 0.5) is 0 Å². The van der Waals surface area contributed by atoms with Crippen LogP contribution in [0.25, 0.3) is 0 Å². The molecule has 1 amide bonds. The third kappa shape index (κ3) is 43.0. The molecule has 19 heteroatoms. The van der Waals surface area contributed by atoms with E-state index in [4.69, 9.17) is 28.4 Å². The summed E-state index contributed by atoms with van der Waals surface area (Å²) < 4.78 is 34.4. The van der Waals surface area contributed by atoms with Gasteiger partial charge in [0.1, 0.15) is 73.2 Å². The molecule has 3 aliphatic rings. The van der Waals surface area contributed by atoms with Gasteiger partial charge < -0.3 is 89.9 Å². The van der Waals surface area contributed by atoms with Crippen molar-refractivity contribution in [1.82, 2.24) is 5.32 Å². The van der Waals surface area contributed by atoms with Crippen LogP contribution >= 0.6 is 0 Å². The summed E-state index contributed by atoms with van der Waals surface area (Å²) in [4.78, 5) is 13.4. The van der Waals surface area contributed by atoms with Crippen LogP contribution in [-0.2, 0) is 33.2 Å². The Morgan fingerprint density at radius 3 is 1.08 bits per heavy atom. The Morgan fingerprint density at radius 1 is 0.356 bits per heavy atom. The predicted molar refractivity (Wildman–Crippen MR) is 415 cm³/mol. The van der Waals surface area contributed by atoms with Crippen LogP contribution in [-0.4, -0.2) is 193 Å². The highest BCUT2D eigenvalue weighted by molar-refractivity contribution is 5.76. The maximum absolute atomic E-state index is 13.4. The Labute approximate surface area is 625 Å². The average Bonchev–Trinajstić information content (AvgIpc) is 0.781. The number of carbonyl (C=O) groups is 1. The van der Waals surface area contributed by atoms with E-state index in [1.165, 1.54) is 128 Å². The summed E-state index contributed by atoms with van der Waals surface area (Å²) in [6.45, 7) is 1.56. The molecule has 0 aromatic heterocycles. The van der Waals surface area contributed by atoms with Gasteiger partial charge in [-0.05, 0) is 109 Å². The van der Waals surface area contributed by atoms with Crippen molar-refractivity contribution in [2.75, 3.05) is 26.4 Å². The number of aliphatic hydroxyl groups excluding tert-OH is 11. The molecule has 3 rings (SSSR count). The van der Waals surface area contributed by atoms with Crippen LogP contribution < -0.4 is 5.32 Å². The first-order chi connectivity index (χ1) is 50.8. The molecule has 19 nitrogen and oxygen atoms in total. The molecule has 3 heterocycles. The van der Waals surface area contributed by atoms with Gasteiger partial charge in [-0.15, -0.1) is 0 Å². The van der Waals surface area contributed by atoms with E-state index in [2.05, 4.69) is 147 Å². The van der Waals surface area contributed by atoms with Crippen LogP contribution in [0.3, 0.4) is 0 Å². The van der Waals surface area contributed by atoms with Crippen LogP contribution in [0.1, 0.15) is 251 Å². The zero-order valence-electron chi connectivity index (χ0n) is 63.4. The number of unbranched alkanes of at least 4 members (excludes halogenated alkanes) is 23. The number of carbonyl (C=O) groups excluding carboxylic acids is 1. The molecular weight excluding hydrogens is 1320 g/mol. The first-order valence-electron chi connectivity index (χ1n) is 40.1. The average molecular weight is 1470 g/mol. The standard InChI is InChI=1S/C85H141NO18/c1-3-5-7-9-11-13-15-17-19-21-23-25-27-29-31-33-35-36-38-40-42-44-46-48-50-52-54-56-58-60-62-69(90)68(86-73(91)63-61-59-57-55-53-51-49-47-45-43-41-39-37-34-32-30-28-26-24-22-20-18-16-14-12-10-8-6-4-2)67-99-83-79(97)76(94)81(71(65-88)101-83)104-85-80(98)77(95)82(72(66-89)102-85)103-84-78(96)75(93)74(92)70(64-87)100-84/h6,8,12,14,18,20,24,26,30,32,37,39,43-46,49,51-52,54-55,57,60,62,68-72,74-85,87-90,92-98H,3-5,7,9-11,13,15-17,19,21-23,25,27-29,31,33-36,38,40-42,47-48,50,53,56,58-59,61,63-67H2,1-2H3,(H,86,91)/b8-6-,14-12-,20-18-,26-24-,32-30-,39-37-,45-43-,46-44+,51-49-,54-52+,57-55-,62-60+. The molecule has 0 spiro atoms. The van der Waals surface area contributed by atoms with E-state index in [0.717, 1.165) is 83.5 Å². The van der Waals surface area contributed by atoms with E-state index in [1.807, 2.05) is 12.2 Å². The number of hydrogen-bond donors (Lipinski definition) is 12. The van der Waals surface area contributed by atoms with Crippen molar-refractivity contribution in [2.24, 2.45) is 0 Å². The molecule has 17 atom stereocenters. The second-order valence-electron chi connectivity index (χ2n) is 27.8. The zero-order chi connectivity index (χ0) is 75.3. The maximum atomic E-state index is 13.4. The molecule has 0 saturated carbocycles. The van der Waals surface area contributed by atoms with E-state index >= 15 is 0 Å². The fourth-order valence-electron chi connectivity index (χ4n) is 12.5. The minimum atomic E-state index is -2.00. The van der Waals surface area contributed by atoms with Crippen LogP contribution in [0.5, 0.6) is 0 Å². The summed E-state index contributed by atoms with van der Waals surface area (Å²) in [6.07, 6.45) is 65.6. The van der Waals surface area contributed by atoms with Crippen molar-refractivity contribution in [1.29, 1.82) is 0 Å². The molecule has 3 fully saturated rings. The van der Waals surface area contributed by atoms with Crippen molar-refractivity contribution >= 4 is 5.91 Å². The smallest absolute Gasteiger partial charge is 0.220 e. The highest BCUT2D eigenvalue weighted by Gasteiger charge is 2.54. The predicted octanol–water partition coefficient (Wildman–Crippen LogP) is 13.4. The fourth-order valence-corrected chi connectivity index (χ4v) is 12.5. The van der Waals surface area contributed by atoms with Gasteiger partial charge in [0.25, 0.3) is 0 Å². The lowest BCUT2D eigenvalue weighted by molar-refractivity contribution is -0.379. The van der Waals surface area contributed by atoms with Crippen molar-refractivity contribution < 1.29 is 89.4 Å². The molecule has 594 valence electrons. The fraction of sp³-hybridized carbons (Fsp3) is 0.706. The van der Waals surface area contributed by atoms with Gasteiger partial charge in [-0.25, -0.2) is 0 Å². The van der Waals surface area contributed by atoms with Gasteiger partial charge in [0, 0.05) is 6.42 Å². The Balaban J connectivity index is 1.43. The van der Waals surface area contributed by atoms with Gasteiger partial charge in [0.15, 0.2) is 18.9 Å². The van der Waals surface area contributed by atoms with Crippen LogP contribution in [0.2, 0.25) is 0 Å². The Morgan fingerprint density at radius 2 is 0.673 bits per heavy atom. The van der Waals surface area contributed by atoms with Crippen LogP contribution in [0.15, 0.2) is 146 Å². The van der Waals surface area contributed by atoms with Gasteiger partial charge >= 0.3 is 0 Å². The highest BCUT2D eigenvalue weighted by Crippen LogP contribution is 2.33. The summed E-state index contributed by atoms with van der Waals surface area (Å²) in [5.74, 6) is -0.352. The van der Waals surface area contributed by atoms with E-state index in [0.29, 0.717) is 19.3 Å². The molecule has 12 N–H and O–H groups in total. The van der Waals surface area contributed by atoms with Crippen LogP contribution in [0, 0.1) is 0 Å². The summed E-state index contributed by atoms with van der Waals surface area (Å²) in [5, 5.41) is 121. The van der Waals surface area contributed by atoms with Crippen molar-refractivity contribution in [3.63, 3.8) is 0 Å². The number of nitrogens with one attached hydrogen (secondary N) is 1. The van der Waals surface area contributed by atoms with Gasteiger partial charge in [-0.2, -0.15) is 0 Å². The number of ether oxygens (including phenoxy) is 6. The second-order valence-corrected chi connectivity index (χ2v) is 27.8. The first kappa shape index (κ1) is 93.9. The monoisotopic (exact) mass is 1460 g/mol. The summed E-state index contributed by atoms with van der Waals surface area (Å²) in [6, 6.07) is -1.04. The minimum Gasteiger partial charge on any atom is -0.394 e. The quantitative estimate of drug-likeness (QED) is 0.0199. The minimum absolute atomic E-state index is 0.142. The lowest BCUT2D eigenvalue weighted by atomic mass is 9.96. The molecule has 0 aromatic carbocycles. The van der Waals surface area contributed by atoms with Gasteiger partial charge in [0.05, 0.1) is 38.6 Å². The molecule has 0 radical (unpaired) electrons. The number of amides is 1. The van der Waals surface area contributed by atoms with E-state index < -0.39 is 131 Å². The highest BCUT2D eigenvalue weighted by atomic mass is 16.8. The summed E-state index contributed by atoms with van der Waals surface area (Å²) in [5.41, 5.74) is 0. The lowest BCUT2D eigenvalue weighted by Crippen LogP contribution is -2.66. The lowest BCUT2D eigenvalue weighted by Gasteiger charge is -2.48. The van der Waals surface area contributed by atoms with Crippen molar-refractivity contribution in [3.8, 4) is 0 Å². The molecule has 104 heavy (non-hydrogen) atoms. The number of hydrogen-bond acceptors (Lipinski definition) is 18. The molecule has 3 aliphatic heterocycles. The van der Waals surface area contributed by atoms with Gasteiger partial charge in [-0.3, -0.25) is 4.79 Å². The van der Waals surface area contributed by atoms with Gasteiger partial charge in [-0.1, -0.05) is 282 Å². The SMILES string of the molecule is CC/C=C\C/C=C\C/C=C\C/C=C\C/C=C\C/C=C\C/C=C\C/C=C\C/C=C\CCCC(=O)NC(COC1OC(CO)C(OC2OC(CO)C(OC3OC(CO)C(O)C(O)C3O)C(O)C2O)C(O)C1O)C(O)/C=C/CC/C=C/CC/C=C/CCCCCCCCCCCCCCCCCCCCCC. The van der Waals surface area contributed by atoms with E-state index in [9.17, 15) is 61.0 Å². The maximum Gasteiger partial charge on any atom is 0.220 e. The first-order valence-corrected chi connectivity index (χ1v) is 40.1. The number of aliphatic hydroxyl groups is 11. The molecule has 3 saturated heterocycles. The third-order valence-corrected chi connectivity index (χ3v) is 18.8. The summed E-state index contributed by atoms with van der Waals surface area (Å²) >= 11 is 0. The van der Waals surface area contributed by atoms with Crippen molar-refractivity contribution in [2.45, 2.75) is 356 Å². The Kier molecular flexibility index (Phi) is 57.4. The Bertz CT molecular complexity index is 2450. The normalized spacial score (nSPS) is 26.7. The largest absolute Gasteiger partial charge is 0.394 e. The molecule has 0 aliphatic carbocycles. The molecule has 17 unspecified atom stereocenters. The molecule has 0 bridgehead atoms. The Hall–Kier alpha value is -4.33. The second kappa shape index (κ2) is 63.6.